The number of benzene rings is 2. The summed E-state index contributed by atoms with van der Waals surface area (Å²) in [4.78, 5) is 10.8. The van der Waals surface area contributed by atoms with Crippen LogP contribution in [-0.4, -0.2) is 26.6 Å². The number of carbonyl (C=O) groups is 1. The summed E-state index contributed by atoms with van der Waals surface area (Å²) in [5.41, 5.74) is 3.00. The molecule has 0 unspecified atom stereocenters. The predicted octanol–water partition coefficient (Wildman–Crippen LogP) is 3.84. The van der Waals surface area contributed by atoms with Crippen LogP contribution in [0.25, 0.3) is 0 Å². The average Bonchev–Trinajstić information content (AvgIpc) is 2.58. The van der Waals surface area contributed by atoms with Gasteiger partial charge in [-0.1, -0.05) is 13.0 Å². The quantitative estimate of drug-likeness (QED) is 0.548. The minimum absolute atomic E-state index is 0.395. The standard InChI is InChI=1S/C19H22O4/c1-4-15-9-14(2)10-17(11-15)22-7-8-23-18-6-5-16(13-20)12-19(18)21-3/h5-6,9-13H,4,7-8H2,1-3H3. The Morgan fingerprint density at radius 3 is 2.48 bits per heavy atom. The van der Waals surface area contributed by atoms with Crippen molar-refractivity contribution in [1.82, 2.24) is 0 Å². The van der Waals surface area contributed by atoms with Gasteiger partial charge >= 0.3 is 0 Å². The van der Waals surface area contributed by atoms with Crippen molar-refractivity contribution in [2.45, 2.75) is 20.3 Å². The van der Waals surface area contributed by atoms with Crippen molar-refractivity contribution in [3.8, 4) is 17.2 Å². The minimum Gasteiger partial charge on any atom is -0.493 e. The average molecular weight is 314 g/mol. The molecule has 2 aromatic carbocycles. The molecule has 4 nitrogen and oxygen atoms in total. The van der Waals surface area contributed by atoms with Gasteiger partial charge in [0.15, 0.2) is 11.5 Å². The highest BCUT2D eigenvalue weighted by Gasteiger charge is 2.06. The molecule has 0 spiro atoms. The van der Waals surface area contributed by atoms with Crippen molar-refractivity contribution in [2.75, 3.05) is 20.3 Å². The third kappa shape index (κ3) is 4.74. The molecule has 4 heteroatoms. The molecule has 122 valence electrons. The van der Waals surface area contributed by atoms with Crippen LogP contribution in [0.15, 0.2) is 36.4 Å². The van der Waals surface area contributed by atoms with Crippen LogP contribution in [0.3, 0.4) is 0 Å². The number of aldehydes is 1. The number of rotatable bonds is 8. The summed E-state index contributed by atoms with van der Waals surface area (Å²) in [6.07, 6.45) is 1.76. The topological polar surface area (TPSA) is 44.8 Å². The van der Waals surface area contributed by atoms with Gasteiger partial charge in [0.05, 0.1) is 7.11 Å². The molecule has 2 aromatic rings. The molecule has 2 rings (SSSR count). The van der Waals surface area contributed by atoms with E-state index in [-0.39, 0.29) is 0 Å². The molecule has 0 bridgehead atoms. The van der Waals surface area contributed by atoms with Crippen LogP contribution >= 0.6 is 0 Å². The van der Waals surface area contributed by atoms with Crippen molar-refractivity contribution in [3.05, 3.63) is 53.1 Å². The van der Waals surface area contributed by atoms with E-state index in [9.17, 15) is 4.79 Å². The van der Waals surface area contributed by atoms with Crippen LogP contribution in [0.4, 0.5) is 0 Å². The summed E-state index contributed by atoms with van der Waals surface area (Å²) >= 11 is 0. The summed E-state index contributed by atoms with van der Waals surface area (Å²) in [5, 5.41) is 0. The van der Waals surface area contributed by atoms with E-state index >= 15 is 0 Å². The highest BCUT2D eigenvalue weighted by molar-refractivity contribution is 5.76. The summed E-state index contributed by atoms with van der Waals surface area (Å²) < 4.78 is 16.6. The van der Waals surface area contributed by atoms with Gasteiger partial charge in [0.1, 0.15) is 25.2 Å². The van der Waals surface area contributed by atoms with Crippen LogP contribution in [-0.2, 0) is 6.42 Å². The van der Waals surface area contributed by atoms with E-state index in [1.165, 1.54) is 11.1 Å². The van der Waals surface area contributed by atoms with E-state index in [1.54, 1.807) is 25.3 Å². The largest absolute Gasteiger partial charge is 0.493 e. The zero-order valence-corrected chi connectivity index (χ0v) is 13.8. The number of methoxy groups -OCH3 is 1. The van der Waals surface area contributed by atoms with Gasteiger partial charge in [-0.05, 0) is 54.8 Å². The molecule has 0 heterocycles. The van der Waals surface area contributed by atoms with Crippen molar-refractivity contribution >= 4 is 6.29 Å². The second-order valence-electron chi connectivity index (χ2n) is 5.23. The zero-order valence-electron chi connectivity index (χ0n) is 13.8. The Balaban J connectivity index is 1.90. The Labute approximate surface area is 137 Å². The molecule has 23 heavy (non-hydrogen) atoms. The third-order valence-electron chi connectivity index (χ3n) is 3.45. The van der Waals surface area contributed by atoms with E-state index in [4.69, 9.17) is 14.2 Å². The van der Waals surface area contributed by atoms with Crippen LogP contribution in [0.1, 0.15) is 28.4 Å². The molecule has 0 saturated heterocycles. The van der Waals surface area contributed by atoms with Gasteiger partial charge < -0.3 is 14.2 Å². The first-order valence-electron chi connectivity index (χ1n) is 7.65. The molecule has 0 aliphatic heterocycles. The summed E-state index contributed by atoms with van der Waals surface area (Å²) in [6, 6.07) is 11.3. The van der Waals surface area contributed by atoms with Gasteiger partial charge in [0.25, 0.3) is 0 Å². The second-order valence-corrected chi connectivity index (χ2v) is 5.23. The van der Waals surface area contributed by atoms with E-state index in [0.717, 1.165) is 18.5 Å². The fourth-order valence-electron chi connectivity index (χ4n) is 2.30. The number of hydrogen-bond donors (Lipinski definition) is 0. The normalized spacial score (nSPS) is 10.2. The number of aryl methyl sites for hydroxylation is 2. The highest BCUT2D eigenvalue weighted by atomic mass is 16.5. The molecule has 0 aromatic heterocycles. The fourth-order valence-corrected chi connectivity index (χ4v) is 2.30. The molecule has 0 aliphatic rings. The first kappa shape index (κ1) is 16.9. The van der Waals surface area contributed by atoms with Gasteiger partial charge in [-0.2, -0.15) is 0 Å². The lowest BCUT2D eigenvalue weighted by Gasteiger charge is -2.12. The lowest BCUT2D eigenvalue weighted by atomic mass is 10.1. The third-order valence-corrected chi connectivity index (χ3v) is 3.45. The van der Waals surface area contributed by atoms with Crippen molar-refractivity contribution in [2.24, 2.45) is 0 Å². The Morgan fingerprint density at radius 1 is 1.00 bits per heavy atom. The molecule has 0 aliphatic carbocycles. The Hall–Kier alpha value is -2.49. The maximum absolute atomic E-state index is 10.8. The Morgan fingerprint density at radius 2 is 1.78 bits per heavy atom. The first-order chi connectivity index (χ1) is 11.2. The van der Waals surface area contributed by atoms with E-state index in [1.807, 2.05) is 12.1 Å². The summed E-state index contributed by atoms with van der Waals surface area (Å²) in [5.74, 6) is 1.99. The maximum atomic E-state index is 10.8. The molecular formula is C19H22O4. The van der Waals surface area contributed by atoms with E-state index in [2.05, 4.69) is 19.9 Å². The van der Waals surface area contributed by atoms with Gasteiger partial charge in [-0.3, -0.25) is 4.79 Å². The molecular weight excluding hydrogens is 292 g/mol. The maximum Gasteiger partial charge on any atom is 0.161 e. The van der Waals surface area contributed by atoms with Gasteiger partial charge in [0, 0.05) is 5.56 Å². The Bertz CT molecular complexity index is 664. The monoisotopic (exact) mass is 314 g/mol. The smallest absolute Gasteiger partial charge is 0.161 e. The van der Waals surface area contributed by atoms with Crippen LogP contribution in [0.2, 0.25) is 0 Å². The number of hydrogen-bond acceptors (Lipinski definition) is 4. The Kier molecular flexibility index (Phi) is 6.03. The molecule has 0 saturated carbocycles. The van der Waals surface area contributed by atoms with Crippen molar-refractivity contribution in [3.63, 3.8) is 0 Å². The zero-order chi connectivity index (χ0) is 16.7. The second kappa shape index (κ2) is 8.22. The van der Waals surface area contributed by atoms with Gasteiger partial charge in [0.2, 0.25) is 0 Å². The van der Waals surface area contributed by atoms with E-state index in [0.29, 0.717) is 30.3 Å². The summed E-state index contributed by atoms with van der Waals surface area (Å²) in [7, 11) is 1.55. The first-order valence-corrected chi connectivity index (χ1v) is 7.65. The molecule has 0 atom stereocenters. The van der Waals surface area contributed by atoms with Gasteiger partial charge in [-0.15, -0.1) is 0 Å². The molecule has 0 N–H and O–H groups in total. The summed E-state index contributed by atoms with van der Waals surface area (Å²) in [6.45, 7) is 5.01. The van der Waals surface area contributed by atoms with Crippen molar-refractivity contribution in [1.29, 1.82) is 0 Å². The number of ether oxygens (including phenoxy) is 3. The van der Waals surface area contributed by atoms with Crippen LogP contribution in [0, 0.1) is 6.92 Å². The molecule has 0 fully saturated rings. The SMILES string of the molecule is CCc1cc(C)cc(OCCOc2ccc(C=O)cc2OC)c1. The highest BCUT2D eigenvalue weighted by Crippen LogP contribution is 2.27. The van der Waals surface area contributed by atoms with Crippen LogP contribution in [0.5, 0.6) is 17.2 Å². The fraction of sp³-hybridized carbons (Fsp3) is 0.316. The molecule has 0 amide bonds. The lowest BCUT2D eigenvalue weighted by Crippen LogP contribution is -2.10. The van der Waals surface area contributed by atoms with Crippen LogP contribution < -0.4 is 14.2 Å². The van der Waals surface area contributed by atoms with Crippen molar-refractivity contribution < 1.29 is 19.0 Å². The predicted molar refractivity (Wildman–Crippen MR) is 89.9 cm³/mol. The minimum atomic E-state index is 0.395. The number of carbonyl (C=O) groups excluding carboxylic acids is 1. The lowest BCUT2D eigenvalue weighted by molar-refractivity contribution is 0.112. The molecule has 0 radical (unpaired) electrons. The van der Waals surface area contributed by atoms with E-state index < -0.39 is 0 Å². The van der Waals surface area contributed by atoms with Gasteiger partial charge in [-0.25, -0.2) is 0 Å².